The molecule has 1 aromatic carbocycles. The SMILES string of the molecule is C[C@@H](N[C@H](CO)c1ccccc1)C(=O)N(C)C1CCCCC1. The highest BCUT2D eigenvalue weighted by atomic mass is 16.3. The normalized spacial score (nSPS) is 18.7. The van der Waals surface area contributed by atoms with Crippen LogP contribution in [0.1, 0.15) is 50.6 Å². The van der Waals surface area contributed by atoms with Gasteiger partial charge in [0, 0.05) is 13.1 Å². The molecule has 4 nitrogen and oxygen atoms in total. The summed E-state index contributed by atoms with van der Waals surface area (Å²) in [5.74, 6) is 0.112. The molecule has 0 saturated heterocycles. The summed E-state index contributed by atoms with van der Waals surface area (Å²) in [5, 5.41) is 12.9. The minimum absolute atomic E-state index is 0.0191. The van der Waals surface area contributed by atoms with Gasteiger partial charge in [0.2, 0.25) is 5.91 Å². The summed E-state index contributed by atoms with van der Waals surface area (Å²) in [4.78, 5) is 14.5. The minimum atomic E-state index is -0.302. The number of benzene rings is 1. The zero-order valence-electron chi connectivity index (χ0n) is 13.7. The predicted molar refractivity (Wildman–Crippen MR) is 88.5 cm³/mol. The first-order chi connectivity index (χ1) is 10.6. The Hall–Kier alpha value is -1.39. The van der Waals surface area contributed by atoms with Crippen molar-refractivity contribution in [3.8, 4) is 0 Å². The zero-order valence-corrected chi connectivity index (χ0v) is 13.7. The van der Waals surface area contributed by atoms with E-state index in [2.05, 4.69) is 5.32 Å². The Bertz CT molecular complexity index is 457. The van der Waals surface area contributed by atoms with Crippen LogP contribution in [0.3, 0.4) is 0 Å². The molecule has 1 fully saturated rings. The highest BCUT2D eigenvalue weighted by Crippen LogP contribution is 2.22. The molecule has 0 bridgehead atoms. The van der Waals surface area contributed by atoms with E-state index in [9.17, 15) is 9.90 Å². The summed E-state index contributed by atoms with van der Waals surface area (Å²) in [6.07, 6.45) is 5.93. The molecule has 1 aliphatic rings. The average molecular weight is 304 g/mol. The molecule has 2 rings (SSSR count). The molecular formula is C18H28N2O2. The van der Waals surface area contributed by atoms with E-state index in [-0.39, 0.29) is 24.6 Å². The van der Waals surface area contributed by atoms with Gasteiger partial charge in [0.25, 0.3) is 0 Å². The lowest BCUT2D eigenvalue weighted by molar-refractivity contribution is -0.134. The molecule has 2 atom stereocenters. The molecule has 1 aromatic rings. The van der Waals surface area contributed by atoms with Gasteiger partial charge in [-0.15, -0.1) is 0 Å². The van der Waals surface area contributed by atoms with Gasteiger partial charge >= 0.3 is 0 Å². The van der Waals surface area contributed by atoms with Crippen LogP contribution in [0.4, 0.5) is 0 Å². The summed E-state index contributed by atoms with van der Waals surface area (Å²) in [7, 11) is 1.91. The second-order valence-electron chi connectivity index (χ2n) is 6.28. The van der Waals surface area contributed by atoms with Crippen molar-refractivity contribution in [3.63, 3.8) is 0 Å². The van der Waals surface area contributed by atoms with Crippen LogP contribution in [-0.2, 0) is 4.79 Å². The number of carbonyl (C=O) groups excluding carboxylic acids is 1. The van der Waals surface area contributed by atoms with Crippen LogP contribution in [0.5, 0.6) is 0 Å². The van der Waals surface area contributed by atoms with Crippen molar-refractivity contribution in [2.75, 3.05) is 13.7 Å². The summed E-state index contributed by atoms with van der Waals surface area (Å²) in [5.41, 5.74) is 1.00. The topological polar surface area (TPSA) is 52.6 Å². The van der Waals surface area contributed by atoms with E-state index in [0.29, 0.717) is 6.04 Å². The van der Waals surface area contributed by atoms with Gasteiger partial charge in [0.05, 0.1) is 18.7 Å². The van der Waals surface area contributed by atoms with Crippen molar-refractivity contribution in [1.29, 1.82) is 0 Å². The Labute approximate surface area is 133 Å². The van der Waals surface area contributed by atoms with E-state index in [0.717, 1.165) is 18.4 Å². The monoisotopic (exact) mass is 304 g/mol. The molecule has 0 aromatic heterocycles. The van der Waals surface area contributed by atoms with Gasteiger partial charge in [-0.3, -0.25) is 10.1 Å². The second kappa shape index (κ2) is 8.30. The van der Waals surface area contributed by atoms with Crippen LogP contribution in [-0.4, -0.2) is 41.7 Å². The maximum Gasteiger partial charge on any atom is 0.239 e. The first-order valence-electron chi connectivity index (χ1n) is 8.32. The number of nitrogens with zero attached hydrogens (tertiary/aromatic N) is 1. The number of likely N-dealkylation sites (N-methyl/N-ethyl adjacent to an activating group) is 1. The van der Waals surface area contributed by atoms with Crippen LogP contribution < -0.4 is 5.32 Å². The largest absolute Gasteiger partial charge is 0.394 e. The van der Waals surface area contributed by atoms with E-state index in [4.69, 9.17) is 0 Å². The van der Waals surface area contributed by atoms with E-state index >= 15 is 0 Å². The van der Waals surface area contributed by atoms with Crippen LogP contribution in [0.2, 0.25) is 0 Å². The van der Waals surface area contributed by atoms with Gasteiger partial charge in [0.1, 0.15) is 0 Å². The van der Waals surface area contributed by atoms with E-state index in [1.165, 1.54) is 19.3 Å². The average Bonchev–Trinajstić information content (AvgIpc) is 2.59. The van der Waals surface area contributed by atoms with Crippen molar-refractivity contribution in [1.82, 2.24) is 10.2 Å². The second-order valence-corrected chi connectivity index (χ2v) is 6.28. The fraction of sp³-hybridized carbons (Fsp3) is 0.611. The Kier molecular flexibility index (Phi) is 6.40. The number of amides is 1. The molecule has 0 spiro atoms. The molecule has 1 saturated carbocycles. The molecule has 122 valence electrons. The fourth-order valence-corrected chi connectivity index (χ4v) is 3.27. The molecule has 0 heterocycles. The number of aliphatic hydroxyl groups is 1. The highest BCUT2D eigenvalue weighted by molar-refractivity contribution is 5.81. The number of carbonyl (C=O) groups is 1. The van der Waals surface area contributed by atoms with Gasteiger partial charge < -0.3 is 10.0 Å². The number of aliphatic hydroxyl groups excluding tert-OH is 1. The summed E-state index contributed by atoms with van der Waals surface area (Å²) < 4.78 is 0. The van der Waals surface area contributed by atoms with Gasteiger partial charge in [-0.2, -0.15) is 0 Å². The summed E-state index contributed by atoms with van der Waals surface area (Å²) >= 11 is 0. The maximum atomic E-state index is 12.6. The Balaban J connectivity index is 1.94. The minimum Gasteiger partial charge on any atom is -0.394 e. The molecule has 0 unspecified atom stereocenters. The van der Waals surface area contributed by atoms with Gasteiger partial charge in [-0.25, -0.2) is 0 Å². The van der Waals surface area contributed by atoms with Gasteiger partial charge in [-0.05, 0) is 25.3 Å². The van der Waals surface area contributed by atoms with Gasteiger partial charge in [0.15, 0.2) is 0 Å². The predicted octanol–water partition coefficient (Wildman–Crippen LogP) is 2.49. The third-order valence-corrected chi connectivity index (χ3v) is 4.68. The standard InChI is InChI=1S/C18H28N2O2/c1-14(18(22)20(2)16-11-7-4-8-12-16)19-17(13-21)15-9-5-3-6-10-15/h3,5-6,9-10,14,16-17,19,21H,4,7-8,11-13H2,1-2H3/t14-,17-/m1/s1. The third kappa shape index (κ3) is 4.31. The van der Waals surface area contributed by atoms with Crippen molar-refractivity contribution in [2.24, 2.45) is 0 Å². The Morgan fingerprint density at radius 1 is 1.27 bits per heavy atom. The lowest BCUT2D eigenvalue weighted by atomic mass is 9.94. The molecule has 22 heavy (non-hydrogen) atoms. The van der Waals surface area contributed by atoms with Crippen LogP contribution >= 0.6 is 0 Å². The molecule has 2 N–H and O–H groups in total. The molecule has 1 amide bonds. The quantitative estimate of drug-likeness (QED) is 0.849. The highest BCUT2D eigenvalue weighted by Gasteiger charge is 2.26. The molecule has 0 aliphatic heterocycles. The van der Waals surface area contributed by atoms with Crippen LogP contribution in [0.25, 0.3) is 0 Å². The number of hydrogen-bond acceptors (Lipinski definition) is 3. The fourth-order valence-electron chi connectivity index (χ4n) is 3.27. The molecule has 0 radical (unpaired) electrons. The molecule has 4 heteroatoms. The number of rotatable bonds is 6. The lowest BCUT2D eigenvalue weighted by Crippen LogP contribution is -2.49. The first kappa shape index (κ1) is 17.0. The van der Waals surface area contributed by atoms with Crippen molar-refractivity contribution < 1.29 is 9.90 Å². The Morgan fingerprint density at radius 2 is 1.91 bits per heavy atom. The lowest BCUT2D eigenvalue weighted by Gasteiger charge is -2.34. The molecular weight excluding hydrogens is 276 g/mol. The third-order valence-electron chi connectivity index (χ3n) is 4.68. The van der Waals surface area contributed by atoms with Crippen molar-refractivity contribution >= 4 is 5.91 Å². The summed E-state index contributed by atoms with van der Waals surface area (Å²) in [6, 6.07) is 9.63. The van der Waals surface area contributed by atoms with E-state index in [1.807, 2.05) is 49.2 Å². The maximum absolute atomic E-state index is 12.6. The van der Waals surface area contributed by atoms with Crippen molar-refractivity contribution in [2.45, 2.75) is 57.2 Å². The number of nitrogens with one attached hydrogen (secondary N) is 1. The van der Waals surface area contributed by atoms with Crippen molar-refractivity contribution in [3.05, 3.63) is 35.9 Å². The first-order valence-corrected chi connectivity index (χ1v) is 8.32. The van der Waals surface area contributed by atoms with E-state index < -0.39 is 0 Å². The van der Waals surface area contributed by atoms with Crippen LogP contribution in [0, 0.1) is 0 Å². The van der Waals surface area contributed by atoms with Gasteiger partial charge in [-0.1, -0.05) is 49.6 Å². The number of hydrogen-bond donors (Lipinski definition) is 2. The van der Waals surface area contributed by atoms with Crippen LogP contribution in [0.15, 0.2) is 30.3 Å². The zero-order chi connectivity index (χ0) is 15.9. The van der Waals surface area contributed by atoms with E-state index in [1.54, 1.807) is 0 Å². The Morgan fingerprint density at radius 3 is 2.50 bits per heavy atom. The smallest absolute Gasteiger partial charge is 0.239 e. The molecule has 1 aliphatic carbocycles. The summed E-state index contributed by atoms with van der Waals surface area (Å²) in [6.45, 7) is 1.86.